The van der Waals surface area contributed by atoms with E-state index in [9.17, 15) is 15.1 Å². The van der Waals surface area contributed by atoms with E-state index in [-0.39, 0.29) is 29.4 Å². The molecule has 0 radical (unpaired) electrons. The first-order valence-electron chi connectivity index (χ1n) is 9.73. The summed E-state index contributed by atoms with van der Waals surface area (Å²) in [6.07, 6.45) is 6.97. The van der Waals surface area contributed by atoms with E-state index >= 15 is 0 Å². The molecule has 28 heavy (non-hydrogen) atoms. The summed E-state index contributed by atoms with van der Waals surface area (Å²) in [6, 6.07) is -0.380. The van der Waals surface area contributed by atoms with Crippen LogP contribution in [-0.4, -0.2) is 38.4 Å². The molecule has 0 aliphatic heterocycles. The number of carbonyl (C=O) groups is 1. The Hall–Kier alpha value is -2.48. The summed E-state index contributed by atoms with van der Waals surface area (Å²) in [7, 11) is 0. The number of aromatic nitrogens is 4. The lowest BCUT2D eigenvalue weighted by molar-refractivity contribution is -0.605. The molecule has 0 bridgehead atoms. The number of nitrogens with one attached hydrogen (secondary N) is 1. The molecule has 2 aliphatic carbocycles. The molecule has 2 aromatic rings. The molecular formula is C20H27N5O3. The molecular weight excluding hydrogens is 358 g/mol. The second-order valence-electron chi connectivity index (χ2n) is 9.38. The molecule has 1 amide bonds. The standard InChI is InChI=1S/C20H27N5O3/c1-19(2,3)14(11-26)22-18(27)16-12-5-6-20(4)9-13(20)17(12)25(23-16)15-10-24(28)8-7-21-15/h7-8,10,13-14,26H,5-6,9,11H2,1-4H3,(H,22,27)/t13-,14?,20-/m1/s1. The first-order chi connectivity index (χ1) is 13.1. The molecule has 150 valence electrons. The van der Waals surface area contributed by atoms with E-state index in [1.54, 1.807) is 4.68 Å². The van der Waals surface area contributed by atoms with Crippen molar-refractivity contribution < 1.29 is 14.6 Å². The average molecular weight is 385 g/mol. The number of hydrogen-bond donors (Lipinski definition) is 2. The fourth-order valence-electron chi connectivity index (χ4n) is 4.18. The number of aliphatic hydroxyl groups excluding tert-OH is 1. The van der Waals surface area contributed by atoms with E-state index in [1.807, 2.05) is 20.8 Å². The minimum Gasteiger partial charge on any atom is -0.619 e. The van der Waals surface area contributed by atoms with Gasteiger partial charge in [0.25, 0.3) is 5.91 Å². The topological polar surface area (TPSA) is 107 Å². The third-order valence-corrected chi connectivity index (χ3v) is 6.28. The second kappa shape index (κ2) is 6.27. The van der Waals surface area contributed by atoms with Gasteiger partial charge in [-0.15, -0.1) is 0 Å². The van der Waals surface area contributed by atoms with Crippen molar-refractivity contribution in [2.45, 2.75) is 58.9 Å². The van der Waals surface area contributed by atoms with E-state index in [0.29, 0.717) is 22.2 Å². The summed E-state index contributed by atoms with van der Waals surface area (Å²) in [4.78, 5) is 17.3. The number of nitrogens with zero attached hydrogens (tertiary/aromatic N) is 4. The molecule has 0 aromatic carbocycles. The third-order valence-electron chi connectivity index (χ3n) is 6.28. The minimum absolute atomic E-state index is 0.144. The highest BCUT2D eigenvalue weighted by molar-refractivity contribution is 5.94. The molecule has 2 heterocycles. The molecule has 1 unspecified atom stereocenters. The lowest BCUT2D eigenvalue weighted by atomic mass is 9.86. The van der Waals surface area contributed by atoms with Crippen LogP contribution in [0.3, 0.4) is 0 Å². The molecule has 0 spiro atoms. The van der Waals surface area contributed by atoms with Gasteiger partial charge in [-0.05, 0) is 30.1 Å². The van der Waals surface area contributed by atoms with E-state index in [4.69, 9.17) is 0 Å². The lowest BCUT2D eigenvalue weighted by Crippen LogP contribution is -2.46. The Morgan fingerprint density at radius 2 is 2.29 bits per heavy atom. The van der Waals surface area contributed by atoms with Gasteiger partial charge in [0.15, 0.2) is 11.9 Å². The maximum Gasteiger partial charge on any atom is 0.272 e. The molecule has 0 saturated heterocycles. The Bertz CT molecular complexity index is 932. The highest BCUT2D eigenvalue weighted by Crippen LogP contribution is 2.65. The molecule has 1 fully saturated rings. The summed E-state index contributed by atoms with van der Waals surface area (Å²) in [5.74, 6) is 0.446. The van der Waals surface area contributed by atoms with Crippen molar-refractivity contribution in [3.8, 4) is 5.82 Å². The molecule has 8 heteroatoms. The van der Waals surface area contributed by atoms with Gasteiger partial charge in [-0.3, -0.25) is 4.79 Å². The number of hydrogen-bond acceptors (Lipinski definition) is 5. The van der Waals surface area contributed by atoms with Gasteiger partial charge < -0.3 is 15.6 Å². The van der Waals surface area contributed by atoms with Gasteiger partial charge in [0.05, 0.1) is 24.5 Å². The van der Waals surface area contributed by atoms with Crippen LogP contribution in [0.25, 0.3) is 5.82 Å². The normalized spacial score (nSPS) is 24.2. The Labute approximate surface area is 164 Å². The van der Waals surface area contributed by atoms with E-state index in [2.05, 4.69) is 22.3 Å². The van der Waals surface area contributed by atoms with Crippen LogP contribution in [-0.2, 0) is 6.42 Å². The van der Waals surface area contributed by atoms with E-state index in [1.165, 1.54) is 18.6 Å². The Morgan fingerprint density at radius 3 is 2.93 bits per heavy atom. The Balaban J connectivity index is 1.76. The van der Waals surface area contributed by atoms with Crippen LogP contribution in [0.2, 0.25) is 0 Å². The quantitative estimate of drug-likeness (QED) is 0.612. The number of fused-ring (bicyclic) bond motifs is 3. The molecule has 3 atom stereocenters. The number of aliphatic hydroxyl groups is 1. The predicted octanol–water partition coefficient (Wildman–Crippen LogP) is 1.48. The SMILES string of the molecule is CC(C)(C)C(CO)NC(=O)c1nn(-c2c[n+]([O-])ccn2)c2c1CC[C@]1(C)C[C@H]21. The van der Waals surface area contributed by atoms with Gasteiger partial charge in [0.1, 0.15) is 0 Å². The minimum atomic E-state index is -0.380. The highest BCUT2D eigenvalue weighted by atomic mass is 16.5. The summed E-state index contributed by atoms with van der Waals surface area (Å²) < 4.78 is 2.35. The van der Waals surface area contributed by atoms with Crippen molar-refractivity contribution in [3.05, 3.63) is 40.7 Å². The summed E-state index contributed by atoms with van der Waals surface area (Å²) in [6.45, 7) is 8.02. The van der Waals surface area contributed by atoms with E-state index < -0.39 is 0 Å². The maximum absolute atomic E-state index is 13.1. The van der Waals surface area contributed by atoms with Crippen LogP contribution in [0, 0.1) is 16.0 Å². The largest absolute Gasteiger partial charge is 0.619 e. The van der Waals surface area contributed by atoms with Crippen LogP contribution >= 0.6 is 0 Å². The lowest BCUT2D eigenvalue weighted by Gasteiger charge is -2.29. The molecule has 2 aliphatic rings. The van der Waals surface area contributed by atoms with Crippen LogP contribution < -0.4 is 10.0 Å². The van der Waals surface area contributed by atoms with Crippen LogP contribution in [0.5, 0.6) is 0 Å². The Kier molecular flexibility index (Phi) is 4.22. The van der Waals surface area contributed by atoms with Crippen molar-refractivity contribution >= 4 is 5.91 Å². The van der Waals surface area contributed by atoms with Crippen molar-refractivity contribution in [1.29, 1.82) is 0 Å². The summed E-state index contributed by atoms with van der Waals surface area (Å²) in [5.41, 5.74) is 2.26. The van der Waals surface area contributed by atoms with Gasteiger partial charge >= 0.3 is 0 Å². The van der Waals surface area contributed by atoms with Crippen LogP contribution in [0.1, 0.15) is 68.2 Å². The molecule has 2 N–H and O–H groups in total. The summed E-state index contributed by atoms with van der Waals surface area (Å²) in [5, 5.41) is 29.0. The number of carbonyl (C=O) groups excluding carboxylic acids is 1. The van der Waals surface area contributed by atoms with Gasteiger partial charge in [-0.2, -0.15) is 9.83 Å². The fourth-order valence-corrected chi connectivity index (χ4v) is 4.18. The fraction of sp³-hybridized carbons (Fsp3) is 0.600. The zero-order valence-corrected chi connectivity index (χ0v) is 16.8. The molecule has 1 saturated carbocycles. The van der Waals surface area contributed by atoms with Crippen LogP contribution in [0.4, 0.5) is 0 Å². The average Bonchev–Trinajstić information content (AvgIpc) is 3.17. The van der Waals surface area contributed by atoms with E-state index in [0.717, 1.165) is 30.5 Å². The second-order valence-corrected chi connectivity index (χ2v) is 9.38. The van der Waals surface area contributed by atoms with Crippen LogP contribution in [0.15, 0.2) is 18.6 Å². The van der Waals surface area contributed by atoms with Gasteiger partial charge in [0, 0.05) is 11.5 Å². The predicted molar refractivity (Wildman–Crippen MR) is 102 cm³/mol. The molecule has 2 aromatic heterocycles. The first kappa shape index (κ1) is 18.9. The first-order valence-corrected chi connectivity index (χ1v) is 9.73. The number of rotatable bonds is 4. The molecule has 8 nitrogen and oxygen atoms in total. The smallest absolute Gasteiger partial charge is 0.272 e. The molecule has 4 rings (SSSR count). The van der Waals surface area contributed by atoms with Crippen molar-refractivity contribution in [1.82, 2.24) is 20.1 Å². The van der Waals surface area contributed by atoms with Gasteiger partial charge in [-0.25, -0.2) is 9.67 Å². The number of amides is 1. The zero-order valence-electron chi connectivity index (χ0n) is 16.8. The highest BCUT2D eigenvalue weighted by Gasteiger charge is 2.56. The van der Waals surface area contributed by atoms with Gasteiger partial charge in [0.2, 0.25) is 12.0 Å². The van der Waals surface area contributed by atoms with Crippen molar-refractivity contribution in [2.75, 3.05) is 6.61 Å². The monoisotopic (exact) mass is 385 g/mol. The van der Waals surface area contributed by atoms with Gasteiger partial charge in [-0.1, -0.05) is 27.7 Å². The summed E-state index contributed by atoms with van der Waals surface area (Å²) >= 11 is 0. The zero-order chi connectivity index (χ0) is 20.3. The maximum atomic E-state index is 13.1. The van der Waals surface area contributed by atoms with Crippen molar-refractivity contribution in [2.24, 2.45) is 10.8 Å². The van der Waals surface area contributed by atoms with Crippen molar-refractivity contribution in [3.63, 3.8) is 0 Å². The third kappa shape index (κ3) is 3.05. The Morgan fingerprint density at radius 1 is 1.54 bits per heavy atom.